The zero-order valence-electron chi connectivity index (χ0n) is 64.4. The quantitative estimate of drug-likeness (QED) is 0.0359. The van der Waals surface area contributed by atoms with Gasteiger partial charge in [0.05, 0.1) is 42.0 Å². The average Bonchev–Trinajstić information content (AvgIpc) is 1.36. The van der Waals surface area contributed by atoms with E-state index in [4.69, 9.17) is 65.5 Å². The van der Waals surface area contributed by atoms with Crippen molar-refractivity contribution < 1.29 is 97.8 Å². The molecule has 0 radical (unpaired) electrons. The normalized spacial score (nSPS) is 10.7. The summed E-state index contributed by atoms with van der Waals surface area (Å²) in [6.45, 7) is 1.61. The Hall–Kier alpha value is -16.3. The molecule has 0 bridgehead atoms. The third-order valence-electron chi connectivity index (χ3n) is 17.0. The van der Waals surface area contributed by atoms with Gasteiger partial charge in [0.25, 0.3) is 0 Å². The fourth-order valence-electron chi connectivity index (χ4n) is 10.9. The van der Waals surface area contributed by atoms with Crippen molar-refractivity contribution in [2.45, 2.75) is 39.5 Å². The molecule has 0 aliphatic heterocycles. The van der Waals surface area contributed by atoms with Crippen LogP contribution in [0.1, 0.15) is 75.6 Å². The van der Waals surface area contributed by atoms with Gasteiger partial charge in [0.2, 0.25) is 23.5 Å². The molecule has 0 amide bonds. The van der Waals surface area contributed by atoms with Crippen molar-refractivity contribution in [2.75, 3.05) is 14.2 Å². The number of hydrogen-bond acceptors (Lipinski definition) is 26. The number of halogens is 3. The summed E-state index contributed by atoms with van der Waals surface area (Å²) in [6.07, 6.45) is 0.986. The number of para-hydroxylation sites is 5. The van der Waals surface area contributed by atoms with Crippen LogP contribution in [0.2, 0.25) is 0 Å². The monoisotopic (exact) mass is 1630 g/mol. The minimum atomic E-state index is -4.54. The summed E-state index contributed by atoms with van der Waals surface area (Å²) >= 11 is 0. The maximum atomic E-state index is 13.2. The number of aromatic nitrogens is 8. The van der Waals surface area contributed by atoms with E-state index in [1.54, 1.807) is 80.9 Å². The van der Waals surface area contributed by atoms with Gasteiger partial charge in [-0.05, 0) is 110 Å². The van der Waals surface area contributed by atoms with Crippen molar-refractivity contribution in [1.29, 1.82) is 0 Å². The van der Waals surface area contributed by atoms with E-state index in [0.29, 0.717) is 103 Å². The molecule has 0 saturated carbocycles. The highest BCUT2D eigenvalue weighted by Crippen LogP contribution is 2.38. The number of nitrogens with zero attached hydrogens (tertiary/aromatic N) is 8. The number of hydrogen-bond donors (Lipinski definition) is 0. The van der Waals surface area contributed by atoms with E-state index in [9.17, 15) is 32.3 Å². The molecule has 8 aromatic carbocycles. The molecule has 16 rings (SSSR count). The second kappa shape index (κ2) is 40.8. The van der Waals surface area contributed by atoms with Gasteiger partial charge < -0.3 is 65.5 Å². The number of esters is 4. The van der Waals surface area contributed by atoms with Gasteiger partial charge in [-0.25, -0.2) is 39.1 Å². The summed E-state index contributed by atoms with van der Waals surface area (Å²) < 4.78 is 114. The zero-order chi connectivity index (χ0) is 84.1. The molecule has 0 spiro atoms. The summed E-state index contributed by atoms with van der Waals surface area (Å²) in [6, 6.07) is 83.8. The second-order valence-corrected chi connectivity index (χ2v) is 25.6. The summed E-state index contributed by atoms with van der Waals surface area (Å²) in [5.74, 6) is 4.64. The molecular weight excluding hydrogens is 1560 g/mol. The van der Waals surface area contributed by atoms with Crippen LogP contribution >= 0.6 is 0 Å². The summed E-state index contributed by atoms with van der Waals surface area (Å²) in [7, 11) is 3.19. The number of ether oxygens (including phenoxy) is 10. The Morgan fingerprint density at radius 2 is 0.636 bits per heavy atom. The molecule has 0 N–H and O–H groups in total. The van der Waals surface area contributed by atoms with E-state index in [0.717, 1.165) is 28.5 Å². The minimum absolute atomic E-state index is 0.00643. The standard InChI is InChI=1S/C23H15F3N2O4.2C23H18N2O5.C23H18N2O4/c24-23(25,26)19-9-5-4-8-18(19)20-12-17(32-28-20)14-30-22(29)15-10-11-21(27-13-15)31-16-6-2-1-3-7-16;1-27-19-9-5-6-16(12-19)21-13-20(30-25-21)15-28-23(26)17-10-11-22(24-14-17)29-18-7-3-2-4-8-18;1-27-21-10-6-5-9-19(21)20-13-18(30-25-20)15-28-23(26)16-11-12-22(24-14-16)29-17-7-3-2-4-8-17;1-16-7-9-17(10-8-16)21-13-20(29-25-21)15-27-23(26)18-11-12-22(24-14-18)28-19-5-3-2-4-6-19/h1-13H,14H2;2*2-14H,15H2,1H3;2-14H,15H2,1H3. The fraction of sp³-hybridized carbons (Fsp3) is 0.0870. The molecule has 606 valence electrons. The highest BCUT2D eigenvalue weighted by atomic mass is 19.4. The topological polar surface area (TPSA) is 316 Å². The Kier molecular flexibility index (Phi) is 27.9. The molecule has 0 atom stereocenters. The second-order valence-electron chi connectivity index (χ2n) is 25.6. The van der Waals surface area contributed by atoms with Crippen molar-refractivity contribution in [3.8, 4) is 103 Å². The number of alkyl halides is 3. The minimum Gasteiger partial charge on any atom is -0.497 e. The smallest absolute Gasteiger partial charge is 0.417 e. The van der Waals surface area contributed by atoms with Gasteiger partial charge in [0, 0.05) is 95.6 Å². The van der Waals surface area contributed by atoms with Crippen LogP contribution in [0.3, 0.4) is 0 Å². The van der Waals surface area contributed by atoms with Gasteiger partial charge in [-0.2, -0.15) is 13.2 Å². The molecule has 0 aliphatic carbocycles. The lowest BCUT2D eigenvalue weighted by Crippen LogP contribution is -2.07. The number of benzene rings is 8. The summed E-state index contributed by atoms with van der Waals surface area (Å²) in [4.78, 5) is 65.5. The number of rotatable bonds is 26. The lowest BCUT2D eigenvalue weighted by molar-refractivity contribution is -0.137. The molecule has 0 saturated heterocycles. The molecule has 26 nitrogen and oxygen atoms in total. The first-order valence-corrected chi connectivity index (χ1v) is 36.8. The molecular formula is C92H69F3N8O18. The first-order valence-electron chi connectivity index (χ1n) is 36.8. The van der Waals surface area contributed by atoms with Crippen LogP contribution in [0.5, 0.6) is 58.0 Å². The van der Waals surface area contributed by atoms with Crippen LogP contribution in [-0.4, -0.2) is 78.7 Å². The maximum Gasteiger partial charge on any atom is 0.417 e. The average molecular weight is 1630 g/mol. The van der Waals surface area contributed by atoms with Gasteiger partial charge in [-0.1, -0.05) is 166 Å². The third kappa shape index (κ3) is 23.9. The molecule has 0 fully saturated rings. The van der Waals surface area contributed by atoms with Gasteiger partial charge in [0.15, 0.2) is 49.5 Å². The summed E-state index contributed by atoms with van der Waals surface area (Å²) in [5, 5.41) is 15.7. The molecule has 121 heavy (non-hydrogen) atoms. The predicted octanol–water partition coefficient (Wildman–Crippen LogP) is 20.9. The largest absolute Gasteiger partial charge is 0.497 e. The lowest BCUT2D eigenvalue weighted by atomic mass is 10.0. The Balaban J connectivity index is 0.000000139. The van der Waals surface area contributed by atoms with Crippen LogP contribution in [0.4, 0.5) is 13.2 Å². The van der Waals surface area contributed by atoms with Crippen LogP contribution < -0.4 is 28.4 Å². The van der Waals surface area contributed by atoms with Crippen LogP contribution in [0, 0.1) is 6.92 Å². The molecule has 16 aromatic rings. The maximum absolute atomic E-state index is 13.2. The van der Waals surface area contributed by atoms with Crippen LogP contribution in [0.15, 0.2) is 334 Å². The van der Waals surface area contributed by atoms with Crippen molar-refractivity contribution in [1.82, 2.24) is 40.6 Å². The SMILES string of the molecule is COc1cccc(-c2cc(COC(=O)c3ccc(Oc4ccccc4)nc3)on2)c1.COc1ccccc1-c1cc(COC(=O)c2ccc(Oc3ccccc3)nc2)on1.Cc1ccc(-c2cc(COC(=O)c3ccc(Oc4ccccc4)nc3)on2)cc1.O=C(OCc1cc(-c2ccccc2C(F)(F)F)no1)c1ccc(Oc2ccccc2)nc1. The van der Waals surface area contributed by atoms with Crippen molar-refractivity contribution in [3.05, 3.63) is 372 Å². The molecule has 0 unspecified atom stereocenters. The first kappa shape index (κ1) is 82.6. The van der Waals surface area contributed by atoms with E-state index in [1.807, 2.05) is 189 Å². The van der Waals surface area contributed by atoms with Crippen molar-refractivity contribution in [2.24, 2.45) is 0 Å². The Morgan fingerprint density at radius 1 is 0.314 bits per heavy atom. The molecule has 0 aliphatic rings. The van der Waals surface area contributed by atoms with Crippen molar-refractivity contribution >= 4 is 23.9 Å². The molecule has 8 heterocycles. The Labute approximate surface area is 688 Å². The van der Waals surface area contributed by atoms with Crippen LogP contribution in [-0.2, 0) is 51.6 Å². The van der Waals surface area contributed by atoms with Gasteiger partial charge in [0.1, 0.15) is 57.3 Å². The number of carbonyl (C=O) groups excluding carboxylic acids is 4. The van der Waals surface area contributed by atoms with E-state index in [-0.39, 0.29) is 49.0 Å². The van der Waals surface area contributed by atoms with E-state index in [2.05, 4.69) is 40.6 Å². The highest BCUT2D eigenvalue weighted by molar-refractivity contribution is 5.91. The lowest BCUT2D eigenvalue weighted by Gasteiger charge is -2.10. The zero-order valence-corrected chi connectivity index (χ0v) is 64.4. The highest BCUT2D eigenvalue weighted by Gasteiger charge is 2.34. The Morgan fingerprint density at radius 3 is 0.992 bits per heavy atom. The number of methoxy groups -OCH3 is 2. The van der Waals surface area contributed by atoms with Gasteiger partial charge >= 0.3 is 30.1 Å². The number of pyridine rings is 4. The van der Waals surface area contributed by atoms with Crippen LogP contribution in [0.25, 0.3) is 45.0 Å². The summed E-state index contributed by atoms with van der Waals surface area (Å²) in [5.41, 5.74) is 5.81. The molecule has 8 aromatic heterocycles. The van der Waals surface area contributed by atoms with Gasteiger partial charge in [-0.15, -0.1) is 0 Å². The van der Waals surface area contributed by atoms with E-state index in [1.165, 1.54) is 66.7 Å². The fourth-order valence-corrected chi connectivity index (χ4v) is 10.9. The number of aryl methyl sites for hydroxylation is 1. The third-order valence-corrected chi connectivity index (χ3v) is 17.0. The number of carbonyl (C=O) groups is 4. The predicted molar refractivity (Wildman–Crippen MR) is 430 cm³/mol. The van der Waals surface area contributed by atoms with E-state index >= 15 is 0 Å². The first-order chi connectivity index (χ1) is 59.0. The van der Waals surface area contributed by atoms with Crippen molar-refractivity contribution in [3.63, 3.8) is 0 Å². The van der Waals surface area contributed by atoms with E-state index < -0.39 is 35.6 Å². The Bertz CT molecular complexity index is 6030. The molecule has 29 heteroatoms. The van der Waals surface area contributed by atoms with Gasteiger partial charge in [-0.3, -0.25) is 0 Å².